The lowest BCUT2D eigenvalue weighted by Gasteiger charge is -2.26. The van der Waals surface area contributed by atoms with Crippen molar-refractivity contribution in [3.63, 3.8) is 0 Å². The number of halogens is 3. The number of hydrogen-bond donors (Lipinski definition) is 2. The fourth-order valence-corrected chi connectivity index (χ4v) is 1.11. The second kappa shape index (κ2) is 4.00. The molecule has 6 heteroatoms. The van der Waals surface area contributed by atoms with E-state index in [4.69, 9.17) is 5.11 Å². The van der Waals surface area contributed by atoms with Crippen molar-refractivity contribution in [2.24, 2.45) is 5.92 Å². The minimum atomic E-state index is -2.86. The molecule has 0 bridgehead atoms. The van der Waals surface area contributed by atoms with Crippen LogP contribution in [-0.2, 0) is 4.79 Å². The summed E-state index contributed by atoms with van der Waals surface area (Å²) in [6.07, 6.45) is -0.546. The normalized spacial score (nSPS) is 27.3. The molecule has 1 aliphatic heterocycles. The SMILES string of the molecule is Cl.O=C(O)C1CNCC(F)(F)C1. The van der Waals surface area contributed by atoms with Crippen LogP contribution in [0.4, 0.5) is 8.78 Å². The third-order valence-corrected chi connectivity index (χ3v) is 1.67. The van der Waals surface area contributed by atoms with Crippen molar-refractivity contribution < 1.29 is 18.7 Å². The Morgan fingerprint density at radius 3 is 2.50 bits per heavy atom. The molecular formula is C6H10ClF2NO2. The highest BCUT2D eigenvalue weighted by atomic mass is 35.5. The highest BCUT2D eigenvalue weighted by Crippen LogP contribution is 2.25. The van der Waals surface area contributed by atoms with E-state index in [1.54, 1.807) is 0 Å². The highest BCUT2D eigenvalue weighted by molar-refractivity contribution is 5.85. The van der Waals surface area contributed by atoms with E-state index in [1.807, 2.05) is 0 Å². The van der Waals surface area contributed by atoms with Crippen LogP contribution in [0, 0.1) is 5.92 Å². The van der Waals surface area contributed by atoms with E-state index < -0.39 is 30.8 Å². The van der Waals surface area contributed by atoms with Crippen LogP contribution >= 0.6 is 12.4 Å². The Bertz CT molecular complexity index is 177. The lowest BCUT2D eigenvalue weighted by Crippen LogP contribution is -2.46. The second-order valence-corrected chi connectivity index (χ2v) is 2.73. The molecule has 3 nitrogen and oxygen atoms in total. The quantitative estimate of drug-likeness (QED) is 0.658. The summed E-state index contributed by atoms with van der Waals surface area (Å²) in [5, 5.41) is 10.8. The number of aliphatic carboxylic acids is 1. The Morgan fingerprint density at radius 1 is 1.58 bits per heavy atom. The molecule has 1 saturated heterocycles. The molecule has 0 aromatic carbocycles. The molecule has 0 saturated carbocycles. The van der Waals surface area contributed by atoms with Gasteiger partial charge in [0.2, 0.25) is 0 Å². The third kappa shape index (κ3) is 2.91. The maximum absolute atomic E-state index is 12.5. The van der Waals surface area contributed by atoms with Crippen LogP contribution in [0.15, 0.2) is 0 Å². The van der Waals surface area contributed by atoms with Gasteiger partial charge in [0, 0.05) is 13.0 Å². The van der Waals surface area contributed by atoms with Crippen LogP contribution in [0.25, 0.3) is 0 Å². The number of rotatable bonds is 1. The van der Waals surface area contributed by atoms with Crippen LogP contribution in [0.5, 0.6) is 0 Å². The fraction of sp³-hybridized carbons (Fsp3) is 0.833. The predicted molar refractivity (Wildman–Crippen MR) is 40.8 cm³/mol. The standard InChI is InChI=1S/C6H9F2NO2.ClH/c7-6(8)1-4(5(10)11)2-9-3-6;/h4,9H,1-3H2,(H,10,11);1H. The van der Waals surface area contributed by atoms with Gasteiger partial charge in [-0.1, -0.05) is 0 Å². The van der Waals surface area contributed by atoms with Gasteiger partial charge in [0.25, 0.3) is 5.92 Å². The fourth-order valence-electron chi connectivity index (χ4n) is 1.11. The zero-order chi connectivity index (χ0) is 8.48. The van der Waals surface area contributed by atoms with Gasteiger partial charge in [-0.15, -0.1) is 12.4 Å². The summed E-state index contributed by atoms with van der Waals surface area (Å²) in [5.74, 6) is -4.96. The van der Waals surface area contributed by atoms with Crippen LogP contribution in [0.2, 0.25) is 0 Å². The number of alkyl halides is 2. The third-order valence-electron chi connectivity index (χ3n) is 1.67. The Kier molecular flexibility index (Phi) is 3.86. The van der Waals surface area contributed by atoms with Gasteiger partial charge in [-0.2, -0.15) is 0 Å². The van der Waals surface area contributed by atoms with Crippen LogP contribution in [0.3, 0.4) is 0 Å². The van der Waals surface area contributed by atoms with Crippen LogP contribution in [0.1, 0.15) is 6.42 Å². The molecule has 0 radical (unpaired) electrons. The molecule has 0 aliphatic carbocycles. The zero-order valence-corrected chi connectivity index (χ0v) is 7.03. The van der Waals surface area contributed by atoms with E-state index in [0.717, 1.165) is 0 Å². The molecular weight excluding hydrogens is 192 g/mol. The Hall–Kier alpha value is -0.420. The second-order valence-electron chi connectivity index (χ2n) is 2.73. The van der Waals surface area contributed by atoms with Gasteiger partial charge < -0.3 is 10.4 Å². The highest BCUT2D eigenvalue weighted by Gasteiger charge is 2.39. The summed E-state index contributed by atoms with van der Waals surface area (Å²) in [5.41, 5.74) is 0. The minimum Gasteiger partial charge on any atom is -0.481 e. The van der Waals surface area contributed by atoms with Crippen molar-refractivity contribution in [2.45, 2.75) is 12.3 Å². The summed E-state index contributed by atoms with van der Waals surface area (Å²) >= 11 is 0. The first-order valence-corrected chi connectivity index (χ1v) is 3.33. The molecule has 1 unspecified atom stereocenters. The van der Waals surface area contributed by atoms with Crippen molar-refractivity contribution >= 4 is 18.4 Å². The van der Waals surface area contributed by atoms with Gasteiger partial charge >= 0.3 is 5.97 Å². The molecule has 0 spiro atoms. The van der Waals surface area contributed by atoms with E-state index in [1.165, 1.54) is 0 Å². The van der Waals surface area contributed by atoms with Crippen LogP contribution < -0.4 is 5.32 Å². The molecule has 72 valence electrons. The van der Waals surface area contributed by atoms with Gasteiger partial charge in [0.05, 0.1) is 12.5 Å². The average molecular weight is 202 g/mol. The molecule has 1 heterocycles. The van der Waals surface area contributed by atoms with Gasteiger partial charge in [-0.25, -0.2) is 8.78 Å². The molecule has 0 aromatic rings. The Labute approximate surface area is 74.5 Å². The number of hydrogen-bond acceptors (Lipinski definition) is 2. The topological polar surface area (TPSA) is 49.3 Å². The summed E-state index contributed by atoms with van der Waals surface area (Å²) in [6, 6.07) is 0. The van der Waals surface area contributed by atoms with Crippen LogP contribution in [-0.4, -0.2) is 30.1 Å². The zero-order valence-electron chi connectivity index (χ0n) is 6.22. The Balaban J connectivity index is 0.00000121. The number of nitrogens with one attached hydrogen (secondary N) is 1. The molecule has 1 rings (SSSR count). The van der Waals surface area contributed by atoms with Crippen molar-refractivity contribution in [1.29, 1.82) is 0 Å². The largest absolute Gasteiger partial charge is 0.481 e. The van der Waals surface area contributed by atoms with E-state index in [-0.39, 0.29) is 19.0 Å². The molecule has 0 amide bonds. The maximum atomic E-state index is 12.5. The number of carboxylic acids is 1. The summed E-state index contributed by atoms with van der Waals surface area (Å²) in [4.78, 5) is 10.3. The summed E-state index contributed by atoms with van der Waals surface area (Å²) < 4.78 is 25.0. The van der Waals surface area contributed by atoms with Gasteiger partial charge in [0.1, 0.15) is 0 Å². The lowest BCUT2D eigenvalue weighted by atomic mass is 9.97. The van der Waals surface area contributed by atoms with Crippen molar-refractivity contribution in [1.82, 2.24) is 5.32 Å². The smallest absolute Gasteiger partial charge is 0.308 e. The maximum Gasteiger partial charge on any atom is 0.308 e. The van der Waals surface area contributed by atoms with Gasteiger partial charge in [-0.05, 0) is 0 Å². The minimum absolute atomic E-state index is 0. The van der Waals surface area contributed by atoms with Crippen molar-refractivity contribution in [2.75, 3.05) is 13.1 Å². The molecule has 12 heavy (non-hydrogen) atoms. The van der Waals surface area contributed by atoms with Crippen molar-refractivity contribution in [3.8, 4) is 0 Å². The molecule has 2 N–H and O–H groups in total. The first kappa shape index (κ1) is 11.6. The first-order valence-electron chi connectivity index (χ1n) is 3.33. The van der Waals surface area contributed by atoms with E-state index in [2.05, 4.69) is 5.32 Å². The monoisotopic (exact) mass is 201 g/mol. The van der Waals surface area contributed by atoms with Crippen molar-refractivity contribution in [3.05, 3.63) is 0 Å². The van der Waals surface area contributed by atoms with E-state index in [0.29, 0.717) is 0 Å². The first-order chi connectivity index (χ1) is 5.01. The van der Waals surface area contributed by atoms with E-state index >= 15 is 0 Å². The van der Waals surface area contributed by atoms with E-state index in [9.17, 15) is 13.6 Å². The average Bonchev–Trinajstić information content (AvgIpc) is 1.85. The predicted octanol–water partition coefficient (Wildman–Crippen LogP) is 0.738. The Morgan fingerprint density at radius 2 is 2.17 bits per heavy atom. The lowest BCUT2D eigenvalue weighted by molar-refractivity contribution is -0.147. The van der Waals surface area contributed by atoms with Gasteiger partial charge in [-0.3, -0.25) is 4.79 Å². The number of carboxylic acid groups (broad SMARTS) is 1. The number of carbonyl (C=O) groups is 1. The summed E-state index contributed by atoms with van der Waals surface area (Å²) in [6.45, 7) is -0.262. The molecule has 1 aliphatic rings. The van der Waals surface area contributed by atoms with Gasteiger partial charge in [0.15, 0.2) is 0 Å². The summed E-state index contributed by atoms with van der Waals surface area (Å²) in [7, 11) is 0. The molecule has 1 atom stereocenters. The molecule has 0 aromatic heterocycles. The number of piperidine rings is 1. The molecule has 1 fully saturated rings.